The molecule has 0 aliphatic heterocycles. The first kappa shape index (κ1) is 18.2. The third-order valence-electron chi connectivity index (χ3n) is 4.10. The average molecular weight is 413 g/mol. The Morgan fingerprint density at radius 2 is 2.00 bits per heavy atom. The van der Waals surface area contributed by atoms with Crippen molar-refractivity contribution in [2.75, 3.05) is 0 Å². The number of aromatic nitrogens is 4. The molecule has 0 amide bonds. The molecular weight excluding hydrogens is 396 g/mol. The third kappa shape index (κ3) is 4.40. The Labute approximate surface area is 171 Å². The van der Waals surface area contributed by atoms with Gasteiger partial charge in [0.2, 0.25) is 0 Å². The Morgan fingerprint density at radius 3 is 2.81 bits per heavy atom. The van der Waals surface area contributed by atoms with Crippen molar-refractivity contribution < 1.29 is 0 Å². The van der Waals surface area contributed by atoms with Crippen LogP contribution in [-0.2, 0) is 12.2 Å². The molecule has 0 radical (unpaired) electrons. The van der Waals surface area contributed by atoms with Gasteiger partial charge in [0.15, 0.2) is 5.16 Å². The van der Waals surface area contributed by atoms with Crippen LogP contribution >= 0.6 is 34.7 Å². The van der Waals surface area contributed by atoms with E-state index in [-0.39, 0.29) is 0 Å². The van der Waals surface area contributed by atoms with Crippen LogP contribution in [0.1, 0.15) is 21.8 Å². The number of nitrogens with zero attached hydrogens (tertiary/aromatic N) is 4. The van der Waals surface area contributed by atoms with Gasteiger partial charge in [0, 0.05) is 22.6 Å². The van der Waals surface area contributed by atoms with Crippen LogP contribution in [0.4, 0.5) is 0 Å². The summed E-state index contributed by atoms with van der Waals surface area (Å²) in [5.74, 6) is 0.754. The van der Waals surface area contributed by atoms with E-state index < -0.39 is 0 Å². The topological polar surface area (TPSA) is 43.6 Å². The number of thioether (sulfide) groups is 1. The van der Waals surface area contributed by atoms with Crippen molar-refractivity contribution in [3.05, 3.63) is 87.1 Å². The van der Waals surface area contributed by atoms with Gasteiger partial charge < -0.3 is 0 Å². The van der Waals surface area contributed by atoms with E-state index in [0.717, 1.165) is 44.3 Å². The molecule has 0 aliphatic rings. The number of rotatable bonds is 6. The summed E-state index contributed by atoms with van der Waals surface area (Å²) in [6, 6.07) is 16.4. The molecular formula is C20H17ClN4S2. The van der Waals surface area contributed by atoms with Crippen LogP contribution in [-0.4, -0.2) is 19.7 Å². The number of hydrogen-bond donors (Lipinski definition) is 0. The van der Waals surface area contributed by atoms with Gasteiger partial charge in [-0.1, -0.05) is 59.8 Å². The molecule has 2 aromatic heterocycles. The first-order chi connectivity index (χ1) is 13.2. The van der Waals surface area contributed by atoms with Crippen LogP contribution in [0.3, 0.4) is 0 Å². The highest BCUT2D eigenvalue weighted by Gasteiger charge is 2.10. The molecule has 0 spiro atoms. The van der Waals surface area contributed by atoms with Gasteiger partial charge in [-0.15, -0.1) is 21.5 Å². The lowest BCUT2D eigenvalue weighted by Gasteiger charge is -2.07. The first-order valence-electron chi connectivity index (χ1n) is 8.45. The molecule has 27 heavy (non-hydrogen) atoms. The zero-order valence-electron chi connectivity index (χ0n) is 14.7. The van der Waals surface area contributed by atoms with Crippen LogP contribution < -0.4 is 0 Å². The summed E-state index contributed by atoms with van der Waals surface area (Å²) in [7, 11) is 0. The van der Waals surface area contributed by atoms with E-state index in [1.807, 2.05) is 35.8 Å². The predicted molar refractivity (Wildman–Crippen MR) is 112 cm³/mol. The summed E-state index contributed by atoms with van der Waals surface area (Å²) in [4.78, 5) is 4.75. The maximum atomic E-state index is 6.26. The molecule has 0 bridgehead atoms. The van der Waals surface area contributed by atoms with Crippen molar-refractivity contribution in [1.82, 2.24) is 19.7 Å². The van der Waals surface area contributed by atoms with Crippen molar-refractivity contribution in [3.63, 3.8) is 0 Å². The third-order valence-corrected chi connectivity index (χ3v) is 6.38. The number of aryl methyl sites for hydroxylation is 1. The minimum Gasteiger partial charge on any atom is -0.277 e. The summed E-state index contributed by atoms with van der Waals surface area (Å²) < 4.78 is 1.95. The molecule has 2 aromatic carbocycles. The fourth-order valence-electron chi connectivity index (χ4n) is 2.64. The molecule has 0 N–H and O–H groups in total. The zero-order valence-corrected chi connectivity index (χ0v) is 17.1. The average Bonchev–Trinajstić information content (AvgIpc) is 3.32. The predicted octanol–water partition coefficient (Wildman–Crippen LogP) is 5.57. The Balaban J connectivity index is 1.44. The highest BCUT2D eigenvalue weighted by Crippen LogP contribution is 2.26. The first-order valence-corrected chi connectivity index (χ1v) is 10.7. The van der Waals surface area contributed by atoms with Crippen LogP contribution in [0.15, 0.2) is 65.4 Å². The summed E-state index contributed by atoms with van der Waals surface area (Å²) in [5, 5.41) is 13.1. The molecule has 0 aliphatic carbocycles. The van der Waals surface area contributed by atoms with Gasteiger partial charge in [0.05, 0.1) is 16.4 Å². The van der Waals surface area contributed by atoms with Crippen molar-refractivity contribution >= 4 is 34.7 Å². The number of thiazole rings is 1. The number of benzene rings is 2. The largest absolute Gasteiger partial charge is 0.277 e. The summed E-state index contributed by atoms with van der Waals surface area (Å²) in [6.07, 6.45) is 2.58. The molecule has 0 unspecified atom stereocenters. The van der Waals surface area contributed by atoms with Crippen LogP contribution in [0.25, 0.3) is 5.69 Å². The molecule has 0 fully saturated rings. The molecule has 0 saturated heterocycles. The summed E-state index contributed by atoms with van der Waals surface area (Å²) >= 11 is 9.58. The fraction of sp³-hybridized carbons (Fsp3) is 0.150. The van der Waals surface area contributed by atoms with E-state index in [2.05, 4.69) is 39.8 Å². The van der Waals surface area contributed by atoms with E-state index in [1.54, 1.807) is 29.4 Å². The van der Waals surface area contributed by atoms with Gasteiger partial charge >= 0.3 is 0 Å². The minimum absolute atomic E-state index is 0.738. The van der Waals surface area contributed by atoms with Gasteiger partial charge in [-0.2, -0.15) is 0 Å². The monoisotopic (exact) mass is 412 g/mol. The van der Waals surface area contributed by atoms with E-state index in [1.165, 1.54) is 5.56 Å². The Hall–Kier alpha value is -2.15. The second-order valence-electron chi connectivity index (χ2n) is 6.10. The van der Waals surface area contributed by atoms with Crippen LogP contribution in [0.2, 0.25) is 5.02 Å². The second kappa shape index (κ2) is 8.25. The number of hydrogen-bond acceptors (Lipinski definition) is 5. The Kier molecular flexibility index (Phi) is 5.57. The van der Waals surface area contributed by atoms with Gasteiger partial charge in [-0.05, 0) is 30.2 Å². The molecule has 0 atom stereocenters. The molecule has 0 saturated carbocycles. The second-order valence-corrected chi connectivity index (χ2v) is 8.39. The lowest BCUT2D eigenvalue weighted by Crippen LogP contribution is -1.96. The minimum atomic E-state index is 0.738. The smallest absolute Gasteiger partial charge is 0.195 e. The highest BCUT2D eigenvalue weighted by atomic mass is 35.5. The normalized spacial score (nSPS) is 11.0. The van der Waals surface area contributed by atoms with Gasteiger partial charge in [0.1, 0.15) is 6.33 Å². The van der Waals surface area contributed by atoms with Gasteiger partial charge in [-0.25, -0.2) is 4.98 Å². The maximum Gasteiger partial charge on any atom is 0.195 e. The van der Waals surface area contributed by atoms with Crippen molar-refractivity contribution in [2.24, 2.45) is 0 Å². The van der Waals surface area contributed by atoms with Crippen LogP contribution in [0, 0.1) is 6.92 Å². The molecule has 4 aromatic rings. The van der Waals surface area contributed by atoms with E-state index in [9.17, 15) is 0 Å². The lowest BCUT2D eigenvalue weighted by atomic mass is 10.2. The molecule has 2 heterocycles. The van der Waals surface area contributed by atoms with Crippen molar-refractivity contribution in [1.29, 1.82) is 0 Å². The lowest BCUT2D eigenvalue weighted by molar-refractivity contribution is 0.882. The summed E-state index contributed by atoms with van der Waals surface area (Å²) in [5.41, 5.74) is 4.35. The molecule has 7 heteroatoms. The van der Waals surface area contributed by atoms with Crippen molar-refractivity contribution in [2.45, 2.75) is 24.3 Å². The van der Waals surface area contributed by atoms with E-state index >= 15 is 0 Å². The van der Waals surface area contributed by atoms with Gasteiger partial charge in [0.25, 0.3) is 0 Å². The maximum absolute atomic E-state index is 6.26. The fourth-order valence-corrected chi connectivity index (χ4v) is 4.57. The Morgan fingerprint density at radius 1 is 1.15 bits per heavy atom. The van der Waals surface area contributed by atoms with Crippen molar-refractivity contribution in [3.8, 4) is 5.69 Å². The SMILES string of the molecule is Cc1ccc(-n2cnnc2SCc2csc(Cc3ccccc3)n2)cc1Cl. The summed E-state index contributed by atoms with van der Waals surface area (Å²) in [6.45, 7) is 1.99. The van der Waals surface area contributed by atoms with Gasteiger partial charge in [-0.3, -0.25) is 4.57 Å². The highest BCUT2D eigenvalue weighted by molar-refractivity contribution is 7.98. The Bertz CT molecular complexity index is 1040. The standard InChI is InChI=1S/C20H17ClN4S2/c1-14-7-8-17(10-18(14)21)25-13-22-24-20(25)27-12-16-11-26-19(23-16)9-15-5-3-2-4-6-15/h2-8,10-11,13H,9,12H2,1H3. The molecule has 136 valence electrons. The quantitative estimate of drug-likeness (QED) is 0.388. The van der Waals surface area contributed by atoms with E-state index in [0.29, 0.717) is 0 Å². The van der Waals surface area contributed by atoms with Crippen LogP contribution in [0.5, 0.6) is 0 Å². The molecule has 4 rings (SSSR count). The molecule has 4 nitrogen and oxygen atoms in total. The number of halogens is 1. The zero-order chi connectivity index (χ0) is 18.6. The van der Waals surface area contributed by atoms with E-state index in [4.69, 9.17) is 16.6 Å².